The number of pyridine rings is 3. The van der Waals surface area contributed by atoms with Crippen LogP contribution in [0.4, 0.5) is 11.6 Å². The number of carboxylic acids is 1. The number of nitrogens with zero attached hydrogens (tertiary/aromatic N) is 4. The molecule has 11 heteroatoms. The van der Waals surface area contributed by atoms with Crippen LogP contribution in [0.5, 0.6) is 0 Å². The van der Waals surface area contributed by atoms with E-state index in [2.05, 4.69) is 31.5 Å². The number of piperidine rings is 1. The molecule has 212 valence electrons. The van der Waals surface area contributed by atoms with Crippen molar-refractivity contribution >= 4 is 39.2 Å². The molecule has 0 radical (unpaired) electrons. The summed E-state index contributed by atoms with van der Waals surface area (Å²) in [6.45, 7) is 6.88. The third-order valence-corrected chi connectivity index (χ3v) is 9.63. The van der Waals surface area contributed by atoms with Gasteiger partial charge < -0.3 is 10.0 Å². The van der Waals surface area contributed by atoms with E-state index in [1.165, 1.54) is 12.1 Å². The topological polar surface area (TPSA) is 125 Å². The monoisotopic (exact) mass is 583 g/mol. The molecule has 1 saturated heterocycles. The Bertz CT molecular complexity index is 1520. The van der Waals surface area contributed by atoms with E-state index in [9.17, 15) is 18.3 Å². The molecular weight excluding hydrogens is 550 g/mol. The fourth-order valence-electron chi connectivity index (χ4n) is 6.21. The maximum absolute atomic E-state index is 13.4. The number of halogens is 1. The van der Waals surface area contributed by atoms with Crippen molar-refractivity contribution in [2.45, 2.75) is 63.4 Å². The summed E-state index contributed by atoms with van der Waals surface area (Å²) in [4.78, 5) is 27.4. The lowest BCUT2D eigenvalue weighted by Crippen LogP contribution is -2.61. The first-order valence-electron chi connectivity index (χ1n) is 13.7. The molecule has 4 heterocycles. The van der Waals surface area contributed by atoms with Gasteiger partial charge in [-0.1, -0.05) is 51.3 Å². The number of anilines is 2. The van der Waals surface area contributed by atoms with Gasteiger partial charge in [-0.2, -0.15) is 8.42 Å². The Morgan fingerprint density at radius 2 is 1.98 bits per heavy atom. The van der Waals surface area contributed by atoms with Crippen LogP contribution >= 0.6 is 11.6 Å². The van der Waals surface area contributed by atoms with E-state index in [0.717, 1.165) is 30.5 Å². The van der Waals surface area contributed by atoms with Crippen molar-refractivity contribution in [2.75, 3.05) is 16.2 Å². The Labute approximate surface area is 240 Å². The zero-order valence-electron chi connectivity index (χ0n) is 22.8. The van der Waals surface area contributed by atoms with Gasteiger partial charge in [0.1, 0.15) is 11.6 Å². The molecule has 0 aromatic carbocycles. The van der Waals surface area contributed by atoms with Gasteiger partial charge in [-0.15, -0.1) is 0 Å². The summed E-state index contributed by atoms with van der Waals surface area (Å²) in [6, 6.07) is 11.7. The Kier molecular flexibility index (Phi) is 8.01. The van der Waals surface area contributed by atoms with Gasteiger partial charge in [-0.3, -0.25) is 14.5 Å². The van der Waals surface area contributed by atoms with Crippen LogP contribution in [0.15, 0.2) is 53.7 Å². The predicted octanol–water partition coefficient (Wildman–Crippen LogP) is 5.83. The minimum Gasteiger partial charge on any atom is -0.481 e. The number of rotatable bonds is 9. The summed E-state index contributed by atoms with van der Waals surface area (Å²) >= 11 is 6.47. The minimum absolute atomic E-state index is 0.0416. The zero-order valence-corrected chi connectivity index (χ0v) is 24.4. The molecule has 2 fully saturated rings. The maximum Gasteiger partial charge on any atom is 0.306 e. The summed E-state index contributed by atoms with van der Waals surface area (Å²) < 4.78 is 29.4. The number of carbonyl (C=O) groups is 1. The van der Waals surface area contributed by atoms with Gasteiger partial charge >= 0.3 is 5.97 Å². The third kappa shape index (κ3) is 5.39. The van der Waals surface area contributed by atoms with Crippen molar-refractivity contribution in [3.8, 4) is 11.3 Å². The normalized spacial score (nSPS) is 22.5. The van der Waals surface area contributed by atoms with E-state index in [1.807, 2.05) is 19.9 Å². The van der Waals surface area contributed by atoms with Crippen LogP contribution in [0.1, 0.15) is 58.1 Å². The van der Waals surface area contributed by atoms with Crippen molar-refractivity contribution in [2.24, 2.45) is 17.8 Å². The smallest absolute Gasteiger partial charge is 0.306 e. The van der Waals surface area contributed by atoms with E-state index in [-0.39, 0.29) is 34.6 Å². The van der Waals surface area contributed by atoms with Gasteiger partial charge in [0.05, 0.1) is 22.3 Å². The first-order chi connectivity index (χ1) is 19.1. The predicted molar refractivity (Wildman–Crippen MR) is 155 cm³/mol. The van der Waals surface area contributed by atoms with Gasteiger partial charge in [-0.05, 0) is 67.0 Å². The summed E-state index contributed by atoms with van der Waals surface area (Å²) in [5.41, 5.74) is 2.00. The summed E-state index contributed by atoms with van der Waals surface area (Å²) in [5.74, 6) is 0.0716. The molecule has 0 amide bonds. The highest BCUT2D eigenvalue weighted by Crippen LogP contribution is 2.49. The Morgan fingerprint density at radius 3 is 2.70 bits per heavy atom. The Balaban J connectivity index is 1.40. The average Bonchev–Trinajstić information content (AvgIpc) is 2.90. The number of fused-ring (bicyclic) bond motifs is 1. The number of carboxylic acid groups (broad SMARTS) is 1. The lowest BCUT2D eigenvalue weighted by Gasteiger charge is -2.56. The van der Waals surface area contributed by atoms with Crippen LogP contribution < -0.4 is 9.62 Å². The van der Waals surface area contributed by atoms with Crippen molar-refractivity contribution in [1.29, 1.82) is 0 Å². The maximum atomic E-state index is 13.4. The molecule has 3 aromatic rings. The van der Waals surface area contributed by atoms with Gasteiger partial charge in [0.15, 0.2) is 5.03 Å². The minimum atomic E-state index is -4.07. The fourth-order valence-corrected chi connectivity index (χ4v) is 7.39. The molecule has 9 nitrogen and oxygen atoms in total. The number of aromatic nitrogens is 3. The van der Waals surface area contributed by atoms with E-state index in [4.69, 9.17) is 11.6 Å². The third-order valence-electron chi connectivity index (χ3n) is 8.07. The second kappa shape index (κ2) is 11.3. The average molecular weight is 584 g/mol. The van der Waals surface area contributed by atoms with Crippen LogP contribution in [0, 0.1) is 17.8 Å². The van der Waals surface area contributed by atoms with Gasteiger partial charge in [-0.25, -0.2) is 9.97 Å². The molecule has 1 saturated carbocycles. The number of sulfonamides is 1. The molecule has 3 unspecified atom stereocenters. The van der Waals surface area contributed by atoms with Gasteiger partial charge in [0.2, 0.25) is 0 Å². The van der Waals surface area contributed by atoms with E-state index < -0.39 is 16.0 Å². The number of hydrogen-bond donors (Lipinski definition) is 2. The lowest BCUT2D eigenvalue weighted by atomic mass is 9.59. The van der Waals surface area contributed by atoms with Crippen molar-refractivity contribution in [3.63, 3.8) is 0 Å². The second-order valence-corrected chi connectivity index (χ2v) is 12.9. The Morgan fingerprint density at radius 1 is 1.18 bits per heavy atom. The summed E-state index contributed by atoms with van der Waals surface area (Å²) in [7, 11) is -4.07. The van der Waals surface area contributed by atoms with Crippen LogP contribution in [-0.2, 0) is 14.8 Å². The highest BCUT2D eigenvalue weighted by Gasteiger charge is 2.53. The van der Waals surface area contributed by atoms with E-state index >= 15 is 0 Å². The lowest BCUT2D eigenvalue weighted by molar-refractivity contribution is -0.152. The highest BCUT2D eigenvalue weighted by molar-refractivity contribution is 7.92. The van der Waals surface area contributed by atoms with Crippen LogP contribution in [0.3, 0.4) is 0 Å². The van der Waals surface area contributed by atoms with Crippen molar-refractivity contribution in [1.82, 2.24) is 15.0 Å². The largest absolute Gasteiger partial charge is 0.481 e. The Hall–Kier alpha value is -3.24. The highest BCUT2D eigenvalue weighted by atomic mass is 35.5. The van der Waals surface area contributed by atoms with Gasteiger partial charge in [0, 0.05) is 24.3 Å². The van der Waals surface area contributed by atoms with E-state index in [0.29, 0.717) is 35.4 Å². The molecule has 2 N–H and O–H groups in total. The molecule has 0 spiro atoms. The molecule has 1 aliphatic heterocycles. The SMILES string of the molecule is CCCC1CCN(c2cccc(S(=O)(=O)Nc3ccc(Cl)c(-c4cccnc4C(C)C)n3)n2)[C@H]2CC(C(=O)O)C12. The van der Waals surface area contributed by atoms with Crippen molar-refractivity contribution < 1.29 is 18.3 Å². The summed E-state index contributed by atoms with van der Waals surface area (Å²) in [6.07, 6.45) is 5.12. The van der Waals surface area contributed by atoms with E-state index in [1.54, 1.807) is 30.5 Å². The van der Waals surface area contributed by atoms with Crippen molar-refractivity contribution in [3.05, 3.63) is 59.4 Å². The molecule has 0 bridgehead atoms. The molecule has 40 heavy (non-hydrogen) atoms. The molecule has 4 atom stereocenters. The van der Waals surface area contributed by atoms with Crippen LogP contribution in [-0.4, -0.2) is 47.0 Å². The van der Waals surface area contributed by atoms with Gasteiger partial charge in [0.25, 0.3) is 10.0 Å². The number of aliphatic carboxylic acids is 1. The second-order valence-electron chi connectivity index (χ2n) is 10.9. The first-order valence-corrected chi connectivity index (χ1v) is 15.6. The standard InChI is InChI=1S/C29H34ClN5O4S/c1-4-7-18-13-15-35(22-16-20(26(18)22)29(36)37)24-9-5-10-25(33-24)40(38,39)34-23-12-11-21(30)28(32-23)19-8-6-14-31-27(19)17(2)3/h5-6,8-12,14,17-18,20,22,26H,4,7,13,15-16H2,1-3H3,(H,32,34)(H,36,37)/t18?,20?,22-,26?/m0/s1. The molecule has 3 aromatic heterocycles. The summed E-state index contributed by atoms with van der Waals surface area (Å²) in [5, 5.41) is 9.98. The van der Waals surface area contributed by atoms with Crippen LogP contribution in [0.25, 0.3) is 11.3 Å². The molecule has 1 aliphatic carbocycles. The molecular formula is C29H34ClN5O4S. The quantitative estimate of drug-likeness (QED) is 0.322. The molecule has 2 aliphatic rings. The zero-order chi connectivity index (χ0) is 28.6. The first kappa shape index (κ1) is 28.3. The number of nitrogens with one attached hydrogen (secondary N) is 1. The fraction of sp³-hybridized carbons (Fsp3) is 0.448. The number of hydrogen-bond acceptors (Lipinski definition) is 7. The molecule has 5 rings (SSSR count). The van der Waals surface area contributed by atoms with Crippen LogP contribution in [0.2, 0.25) is 5.02 Å².